The molecule has 3 nitrogen and oxygen atoms in total. The van der Waals surface area contributed by atoms with Crippen molar-refractivity contribution in [2.75, 3.05) is 32.8 Å². The lowest BCUT2D eigenvalue weighted by Crippen LogP contribution is -2.59. The van der Waals surface area contributed by atoms with Gasteiger partial charge in [-0.2, -0.15) is 0 Å². The normalized spacial score (nSPS) is 22.2. The Kier molecular flexibility index (Phi) is 5.62. The van der Waals surface area contributed by atoms with Crippen molar-refractivity contribution in [2.45, 2.75) is 44.2 Å². The maximum absolute atomic E-state index is 13.8. The van der Waals surface area contributed by atoms with Crippen molar-refractivity contribution in [1.29, 1.82) is 0 Å². The third kappa shape index (κ3) is 3.90. The second-order valence-corrected chi connectivity index (χ2v) is 6.69. The molecule has 5 heteroatoms. The molecule has 0 amide bonds. The molecule has 0 unspecified atom stereocenters. The van der Waals surface area contributed by atoms with Crippen LogP contribution in [0.5, 0.6) is 0 Å². The number of hydrogen-bond acceptors (Lipinski definition) is 3. The number of likely N-dealkylation sites (tertiary alicyclic amines) is 1. The lowest BCUT2D eigenvalue weighted by molar-refractivity contribution is -0.0358. The Labute approximate surface area is 137 Å². The van der Waals surface area contributed by atoms with E-state index in [1.54, 1.807) is 0 Å². The number of rotatable bonds is 5. The fraction of sp³-hybridized carbons (Fsp3) is 0.667. The van der Waals surface area contributed by atoms with Crippen LogP contribution in [0.4, 0.5) is 8.78 Å². The van der Waals surface area contributed by atoms with Gasteiger partial charge in [-0.3, -0.25) is 4.90 Å². The van der Waals surface area contributed by atoms with Crippen LogP contribution in [0.2, 0.25) is 0 Å². The van der Waals surface area contributed by atoms with Gasteiger partial charge >= 0.3 is 0 Å². The number of ether oxygens (including phenoxy) is 1. The van der Waals surface area contributed by atoms with Crippen LogP contribution in [0.3, 0.4) is 0 Å². The summed E-state index contributed by atoms with van der Waals surface area (Å²) in [7, 11) is 0. The van der Waals surface area contributed by atoms with E-state index in [2.05, 4.69) is 10.2 Å². The molecule has 0 radical (unpaired) electrons. The van der Waals surface area contributed by atoms with Gasteiger partial charge in [0.15, 0.2) is 0 Å². The minimum absolute atomic E-state index is 0.0698. The van der Waals surface area contributed by atoms with Crippen LogP contribution >= 0.6 is 0 Å². The summed E-state index contributed by atoms with van der Waals surface area (Å²) in [6.07, 6.45) is 5.76. The molecular formula is C18H26F2N2O. The zero-order chi connectivity index (χ0) is 16.1. The summed E-state index contributed by atoms with van der Waals surface area (Å²) in [6.45, 7) is 4.77. The van der Waals surface area contributed by atoms with E-state index in [9.17, 15) is 8.78 Å². The maximum atomic E-state index is 13.8. The third-order valence-corrected chi connectivity index (χ3v) is 5.27. The Morgan fingerprint density at radius 2 is 1.70 bits per heavy atom. The topological polar surface area (TPSA) is 24.5 Å². The molecule has 2 saturated heterocycles. The largest absolute Gasteiger partial charge is 0.381 e. The average molecular weight is 324 g/mol. The molecule has 1 N–H and O–H groups in total. The van der Waals surface area contributed by atoms with Crippen molar-refractivity contribution in [2.24, 2.45) is 0 Å². The summed E-state index contributed by atoms with van der Waals surface area (Å²) in [5.74, 6) is -0.951. The highest BCUT2D eigenvalue weighted by Gasteiger charge is 2.38. The Balaban J connectivity index is 1.64. The monoisotopic (exact) mass is 324 g/mol. The molecular weight excluding hydrogens is 298 g/mol. The van der Waals surface area contributed by atoms with Crippen LogP contribution in [0.15, 0.2) is 18.2 Å². The second kappa shape index (κ2) is 7.69. The van der Waals surface area contributed by atoms with Gasteiger partial charge in [0, 0.05) is 37.4 Å². The van der Waals surface area contributed by atoms with Crippen molar-refractivity contribution in [3.05, 3.63) is 35.4 Å². The molecule has 0 bridgehead atoms. The summed E-state index contributed by atoms with van der Waals surface area (Å²) < 4.78 is 33.1. The molecule has 1 aromatic rings. The molecule has 0 saturated carbocycles. The highest BCUT2D eigenvalue weighted by atomic mass is 19.1. The lowest BCUT2D eigenvalue weighted by Gasteiger charge is -2.48. The third-order valence-electron chi connectivity index (χ3n) is 5.27. The molecule has 2 fully saturated rings. The van der Waals surface area contributed by atoms with Gasteiger partial charge in [0.05, 0.1) is 0 Å². The number of halogens is 2. The molecule has 1 aromatic carbocycles. The van der Waals surface area contributed by atoms with Gasteiger partial charge in [-0.05, 0) is 50.9 Å². The van der Waals surface area contributed by atoms with Crippen molar-refractivity contribution in [1.82, 2.24) is 10.2 Å². The first-order chi connectivity index (χ1) is 11.2. The SMILES string of the molecule is Fc1cccc(F)c1CNCC1(N2CCCCC2)CCOCC1. The molecule has 2 heterocycles. The van der Waals surface area contributed by atoms with E-state index in [1.807, 2.05) is 0 Å². The summed E-state index contributed by atoms with van der Waals surface area (Å²) in [6, 6.07) is 4.03. The van der Waals surface area contributed by atoms with E-state index >= 15 is 0 Å². The highest BCUT2D eigenvalue weighted by Crippen LogP contribution is 2.30. The number of nitrogens with zero attached hydrogens (tertiary/aromatic N) is 1. The molecule has 2 aliphatic rings. The average Bonchev–Trinajstić information content (AvgIpc) is 2.59. The van der Waals surface area contributed by atoms with Crippen LogP contribution < -0.4 is 5.32 Å². The minimum atomic E-state index is -0.475. The fourth-order valence-electron chi connectivity index (χ4n) is 3.85. The Morgan fingerprint density at radius 3 is 2.35 bits per heavy atom. The molecule has 23 heavy (non-hydrogen) atoms. The van der Waals surface area contributed by atoms with Crippen molar-refractivity contribution in [3.8, 4) is 0 Å². The van der Waals surface area contributed by atoms with Crippen molar-refractivity contribution >= 4 is 0 Å². The van der Waals surface area contributed by atoms with Crippen molar-refractivity contribution in [3.63, 3.8) is 0 Å². The predicted molar refractivity (Wildman–Crippen MR) is 86.3 cm³/mol. The first-order valence-corrected chi connectivity index (χ1v) is 8.68. The van der Waals surface area contributed by atoms with Crippen LogP contribution in [-0.2, 0) is 11.3 Å². The molecule has 2 aliphatic heterocycles. The van der Waals surface area contributed by atoms with E-state index in [0.717, 1.165) is 45.7 Å². The van der Waals surface area contributed by atoms with E-state index in [0.29, 0.717) is 0 Å². The molecule has 0 aliphatic carbocycles. The van der Waals surface area contributed by atoms with Crippen LogP contribution in [-0.4, -0.2) is 43.3 Å². The maximum Gasteiger partial charge on any atom is 0.130 e. The Morgan fingerprint density at radius 1 is 1.04 bits per heavy atom. The van der Waals surface area contributed by atoms with Gasteiger partial charge in [-0.1, -0.05) is 12.5 Å². The second-order valence-electron chi connectivity index (χ2n) is 6.69. The first kappa shape index (κ1) is 16.8. The molecule has 0 atom stereocenters. The van der Waals surface area contributed by atoms with Crippen LogP contribution in [0.1, 0.15) is 37.7 Å². The van der Waals surface area contributed by atoms with Crippen LogP contribution in [0.25, 0.3) is 0 Å². The van der Waals surface area contributed by atoms with E-state index in [-0.39, 0.29) is 17.6 Å². The quantitative estimate of drug-likeness (QED) is 0.901. The molecule has 128 valence electrons. The summed E-state index contributed by atoms with van der Waals surface area (Å²) in [5, 5.41) is 3.31. The number of benzene rings is 1. The smallest absolute Gasteiger partial charge is 0.130 e. The van der Waals surface area contributed by atoms with Gasteiger partial charge in [0.2, 0.25) is 0 Å². The van der Waals surface area contributed by atoms with Crippen molar-refractivity contribution < 1.29 is 13.5 Å². The van der Waals surface area contributed by atoms with E-state index < -0.39 is 11.6 Å². The molecule has 0 spiro atoms. The Bertz CT molecular complexity index is 491. The number of hydrogen-bond donors (Lipinski definition) is 1. The summed E-state index contributed by atoms with van der Waals surface area (Å²) in [5.41, 5.74) is 0.203. The summed E-state index contributed by atoms with van der Waals surface area (Å²) >= 11 is 0. The fourth-order valence-corrected chi connectivity index (χ4v) is 3.85. The Hall–Kier alpha value is -1.04. The highest BCUT2D eigenvalue weighted by molar-refractivity contribution is 5.19. The lowest BCUT2D eigenvalue weighted by atomic mass is 9.86. The van der Waals surface area contributed by atoms with Gasteiger partial charge in [-0.15, -0.1) is 0 Å². The van der Waals surface area contributed by atoms with E-state index in [1.165, 1.54) is 37.5 Å². The number of nitrogens with one attached hydrogen (secondary N) is 1. The van der Waals surface area contributed by atoms with Gasteiger partial charge in [0.25, 0.3) is 0 Å². The summed E-state index contributed by atoms with van der Waals surface area (Å²) in [4.78, 5) is 2.57. The van der Waals surface area contributed by atoms with Gasteiger partial charge < -0.3 is 10.1 Å². The van der Waals surface area contributed by atoms with Gasteiger partial charge in [-0.25, -0.2) is 8.78 Å². The molecule has 3 rings (SSSR count). The standard InChI is InChI=1S/C18H26F2N2O/c19-16-5-4-6-17(20)15(16)13-21-14-18(7-11-23-12-8-18)22-9-2-1-3-10-22/h4-6,21H,1-3,7-14H2. The van der Waals surface area contributed by atoms with E-state index in [4.69, 9.17) is 4.74 Å². The van der Waals surface area contributed by atoms with Gasteiger partial charge in [0.1, 0.15) is 11.6 Å². The zero-order valence-corrected chi connectivity index (χ0v) is 13.6. The number of piperidine rings is 1. The minimum Gasteiger partial charge on any atom is -0.381 e. The molecule has 0 aromatic heterocycles. The predicted octanol–water partition coefficient (Wildman–Crippen LogP) is 3.09. The van der Waals surface area contributed by atoms with Crippen LogP contribution in [0, 0.1) is 11.6 Å². The first-order valence-electron chi connectivity index (χ1n) is 8.68. The zero-order valence-electron chi connectivity index (χ0n) is 13.6.